The van der Waals surface area contributed by atoms with E-state index in [1.165, 1.54) is 4.90 Å². The van der Waals surface area contributed by atoms with Gasteiger partial charge in [-0.25, -0.2) is 13.2 Å². The number of hydrogen-bond acceptors (Lipinski definition) is 4. The van der Waals surface area contributed by atoms with Crippen LogP contribution < -0.4 is 5.73 Å². The zero-order chi connectivity index (χ0) is 20.6. The van der Waals surface area contributed by atoms with Crippen molar-refractivity contribution in [3.8, 4) is 0 Å². The normalized spacial score (nSPS) is 14.9. The molecule has 13 heteroatoms. The minimum absolute atomic E-state index is 0. The number of aromatic nitrogens is 3. The second-order valence-corrected chi connectivity index (χ2v) is 6.43. The summed E-state index contributed by atoms with van der Waals surface area (Å²) < 4.78 is 79.3. The molecule has 6 nitrogen and oxygen atoms in total. The number of nitrogens with two attached hydrogens (primary N) is 1. The monoisotopic (exact) mass is 443 g/mol. The molecule has 29 heavy (non-hydrogen) atoms. The van der Waals surface area contributed by atoms with Gasteiger partial charge in [-0.2, -0.15) is 13.2 Å². The van der Waals surface area contributed by atoms with Crippen LogP contribution in [0, 0.1) is 17.5 Å². The summed E-state index contributed by atoms with van der Waals surface area (Å²) in [5.74, 6) is -5.15. The first kappa shape index (κ1) is 22.9. The fraction of sp³-hybridized carbons (Fsp3) is 0.438. The first-order valence-corrected chi connectivity index (χ1v) is 8.22. The first-order chi connectivity index (χ1) is 13.1. The largest absolute Gasteiger partial charge is 0.451 e. The van der Waals surface area contributed by atoms with Crippen molar-refractivity contribution in [1.82, 2.24) is 19.7 Å². The molecule has 2 heterocycles. The van der Waals surface area contributed by atoms with Gasteiger partial charge < -0.3 is 15.2 Å². The Morgan fingerprint density at radius 3 is 2.41 bits per heavy atom. The van der Waals surface area contributed by atoms with E-state index < -0.39 is 41.4 Å². The van der Waals surface area contributed by atoms with Gasteiger partial charge in [-0.15, -0.1) is 22.6 Å². The van der Waals surface area contributed by atoms with Crippen LogP contribution in [0.15, 0.2) is 12.1 Å². The van der Waals surface area contributed by atoms with Crippen LogP contribution in [-0.4, -0.2) is 38.2 Å². The molecule has 2 N–H and O–H groups in total. The number of rotatable bonds is 4. The van der Waals surface area contributed by atoms with Crippen molar-refractivity contribution in [2.24, 2.45) is 5.73 Å². The molecular formula is C16H16ClF6N5O. The van der Waals surface area contributed by atoms with E-state index in [0.29, 0.717) is 12.1 Å². The lowest BCUT2D eigenvalue weighted by atomic mass is 10.0. The Morgan fingerprint density at radius 1 is 1.10 bits per heavy atom. The molecule has 160 valence electrons. The molecule has 1 aliphatic heterocycles. The SMILES string of the molecule is Cl.N[C@@H](CC(=O)N1CCn2c(nnc2C(F)(F)F)C1)Cc1cc(F)c(F)cc1F. The van der Waals surface area contributed by atoms with Crippen LogP contribution in [0.5, 0.6) is 0 Å². The zero-order valence-electron chi connectivity index (χ0n) is 14.7. The van der Waals surface area contributed by atoms with Gasteiger partial charge in [0, 0.05) is 31.6 Å². The maximum atomic E-state index is 13.7. The van der Waals surface area contributed by atoms with E-state index in [1.807, 2.05) is 0 Å². The molecule has 1 aliphatic rings. The van der Waals surface area contributed by atoms with Crippen LogP contribution in [-0.2, 0) is 30.5 Å². The average Bonchev–Trinajstić information content (AvgIpc) is 3.03. The fourth-order valence-electron chi connectivity index (χ4n) is 3.01. The number of amides is 1. The zero-order valence-corrected chi connectivity index (χ0v) is 15.5. The highest BCUT2D eigenvalue weighted by Crippen LogP contribution is 2.29. The third-order valence-electron chi connectivity index (χ3n) is 4.37. The molecule has 0 bridgehead atoms. The number of carbonyl (C=O) groups is 1. The summed E-state index contributed by atoms with van der Waals surface area (Å²) in [6.07, 6.45) is -5.11. The highest BCUT2D eigenvalue weighted by molar-refractivity contribution is 5.85. The molecule has 0 aliphatic carbocycles. The van der Waals surface area contributed by atoms with E-state index in [-0.39, 0.29) is 56.3 Å². The van der Waals surface area contributed by atoms with Crippen molar-refractivity contribution >= 4 is 18.3 Å². The Hall–Kier alpha value is -2.34. The van der Waals surface area contributed by atoms with Crippen molar-refractivity contribution in [2.75, 3.05) is 6.54 Å². The van der Waals surface area contributed by atoms with Crippen molar-refractivity contribution in [3.63, 3.8) is 0 Å². The van der Waals surface area contributed by atoms with Crippen LogP contribution in [0.4, 0.5) is 26.3 Å². The summed E-state index contributed by atoms with van der Waals surface area (Å²) in [5, 5.41) is 6.60. The van der Waals surface area contributed by atoms with Crippen LogP contribution >= 0.6 is 12.4 Å². The number of hydrogen-bond donors (Lipinski definition) is 1. The molecule has 1 atom stereocenters. The average molecular weight is 444 g/mol. The summed E-state index contributed by atoms with van der Waals surface area (Å²) in [6.45, 7) is -0.302. The molecule has 0 spiro atoms. The minimum Gasteiger partial charge on any atom is -0.333 e. The molecule has 0 fully saturated rings. The highest BCUT2D eigenvalue weighted by Gasteiger charge is 2.39. The van der Waals surface area contributed by atoms with Gasteiger partial charge in [-0.1, -0.05) is 0 Å². The Morgan fingerprint density at radius 2 is 1.76 bits per heavy atom. The van der Waals surface area contributed by atoms with Crippen molar-refractivity contribution in [1.29, 1.82) is 0 Å². The van der Waals surface area contributed by atoms with Crippen molar-refractivity contribution in [3.05, 3.63) is 46.8 Å². The predicted octanol–water partition coefficient (Wildman–Crippen LogP) is 2.44. The van der Waals surface area contributed by atoms with Crippen LogP contribution in [0.1, 0.15) is 23.6 Å². The van der Waals surface area contributed by atoms with Gasteiger partial charge in [-0.3, -0.25) is 4.79 Å². The number of alkyl halides is 3. The van der Waals surface area contributed by atoms with Gasteiger partial charge >= 0.3 is 6.18 Å². The number of halogens is 7. The number of fused-ring (bicyclic) bond motifs is 1. The molecule has 3 rings (SSSR count). The van der Waals surface area contributed by atoms with Gasteiger partial charge in [0.1, 0.15) is 5.82 Å². The molecule has 1 amide bonds. The molecule has 0 saturated heterocycles. The van der Waals surface area contributed by atoms with Crippen molar-refractivity contribution < 1.29 is 31.1 Å². The van der Waals surface area contributed by atoms with Crippen molar-refractivity contribution in [2.45, 2.75) is 38.1 Å². The summed E-state index contributed by atoms with van der Waals surface area (Å²) >= 11 is 0. The Kier molecular flexibility index (Phi) is 6.78. The molecule has 1 aromatic carbocycles. The number of nitrogens with zero attached hydrogens (tertiary/aromatic N) is 4. The van der Waals surface area contributed by atoms with Crippen LogP contribution in [0.3, 0.4) is 0 Å². The van der Waals surface area contributed by atoms with Crippen LogP contribution in [0.25, 0.3) is 0 Å². The van der Waals surface area contributed by atoms with Gasteiger partial charge in [0.2, 0.25) is 11.7 Å². The predicted molar refractivity (Wildman–Crippen MR) is 90.3 cm³/mol. The second kappa shape index (κ2) is 8.57. The van der Waals surface area contributed by atoms with Gasteiger partial charge in [0.05, 0.1) is 6.54 Å². The topological polar surface area (TPSA) is 77.0 Å². The molecule has 0 radical (unpaired) electrons. The van der Waals surface area contributed by atoms with E-state index in [2.05, 4.69) is 10.2 Å². The van der Waals surface area contributed by atoms with E-state index in [0.717, 1.165) is 4.57 Å². The first-order valence-electron chi connectivity index (χ1n) is 8.22. The molecular weight excluding hydrogens is 428 g/mol. The van der Waals surface area contributed by atoms with Gasteiger partial charge in [0.15, 0.2) is 17.5 Å². The summed E-state index contributed by atoms with van der Waals surface area (Å²) in [5.41, 5.74) is 5.64. The lowest BCUT2D eigenvalue weighted by molar-refractivity contribution is -0.148. The summed E-state index contributed by atoms with van der Waals surface area (Å²) in [4.78, 5) is 13.6. The third kappa shape index (κ3) is 4.99. The quantitative estimate of drug-likeness (QED) is 0.581. The maximum absolute atomic E-state index is 13.7. The standard InChI is InChI=1S/C16H15F6N5O.ClH/c17-10-6-12(19)11(18)4-8(10)3-9(23)5-14(28)26-1-2-27-13(7-26)24-25-15(27)16(20,21)22;/h4,6,9H,1-3,5,7,23H2;1H/t9-;/m1./s1. The van der Waals surface area contributed by atoms with E-state index >= 15 is 0 Å². The summed E-state index contributed by atoms with van der Waals surface area (Å²) in [6, 6.07) is 0.184. The lowest BCUT2D eigenvalue weighted by Crippen LogP contribution is -2.42. The molecule has 1 aromatic heterocycles. The van der Waals surface area contributed by atoms with E-state index in [4.69, 9.17) is 5.73 Å². The number of benzene rings is 1. The Balaban J connectivity index is 0.00000300. The van der Waals surface area contributed by atoms with Crippen LogP contribution in [0.2, 0.25) is 0 Å². The van der Waals surface area contributed by atoms with Gasteiger partial charge in [0.25, 0.3) is 0 Å². The van der Waals surface area contributed by atoms with Gasteiger partial charge in [-0.05, 0) is 18.1 Å². The second-order valence-electron chi connectivity index (χ2n) is 6.43. The molecule has 2 aromatic rings. The Bertz CT molecular complexity index is 903. The maximum Gasteiger partial charge on any atom is 0.451 e. The minimum atomic E-state index is -4.64. The Labute approximate surface area is 167 Å². The lowest BCUT2D eigenvalue weighted by Gasteiger charge is -2.29. The third-order valence-corrected chi connectivity index (χ3v) is 4.37. The smallest absolute Gasteiger partial charge is 0.333 e. The molecule has 0 unspecified atom stereocenters. The molecule has 0 saturated carbocycles. The number of carbonyl (C=O) groups excluding carboxylic acids is 1. The van der Waals surface area contributed by atoms with E-state index in [1.54, 1.807) is 0 Å². The van der Waals surface area contributed by atoms with E-state index in [9.17, 15) is 31.1 Å². The highest BCUT2D eigenvalue weighted by atomic mass is 35.5. The summed E-state index contributed by atoms with van der Waals surface area (Å²) in [7, 11) is 0. The fourth-order valence-corrected chi connectivity index (χ4v) is 3.01.